The molecule has 2 atom stereocenters. The second-order valence-electron chi connectivity index (χ2n) is 8.00. The van der Waals surface area contributed by atoms with E-state index in [1.54, 1.807) is 0 Å². The monoisotopic (exact) mass is 370 g/mol. The van der Waals surface area contributed by atoms with Crippen LogP contribution in [0.1, 0.15) is 40.9 Å². The molecule has 1 saturated heterocycles. The van der Waals surface area contributed by atoms with Gasteiger partial charge in [-0.3, -0.25) is 9.80 Å². The van der Waals surface area contributed by atoms with Crippen LogP contribution in [0, 0.1) is 5.92 Å². The highest BCUT2D eigenvalue weighted by Gasteiger charge is 2.33. The molecular formula is C21H30N4S. The van der Waals surface area contributed by atoms with Gasteiger partial charge in [0.1, 0.15) is 5.01 Å². The number of benzene rings is 1. The number of nitrogens with two attached hydrogens (primary N) is 1. The van der Waals surface area contributed by atoms with Gasteiger partial charge in [-0.1, -0.05) is 30.3 Å². The SMILES string of the molecule is CC(C)N1CCc2nc(CN3C[C@@H](CN)[C@H](c4ccccc4)C3)sc2C1. The summed E-state index contributed by atoms with van der Waals surface area (Å²) in [5, 5.41) is 1.28. The first-order valence-corrected chi connectivity index (χ1v) is 10.6. The molecule has 1 fully saturated rings. The molecule has 3 heterocycles. The molecule has 2 aliphatic heterocycles. The van der Waals surface area contributed by atoms with Crippen LogP contribution in [0.2, 0.25) is 0 Å². The molecule has 26 heavy (non-hydrogen) atoms. The number of hydrogen-bond donors (Lipinski definition) is 1. The number of hydrogen-bond acceptors (Lipinski definition) is 5. The fraction of sp³-hybridized carbons (Fsp3) is 0.571. The number of aromatic nitrogens is 1. The van der Waals surface area contributed by atoms with E-state index >= 15 is 0 Å². The Balaban J connectivity index is 1.44. The first-order valence-electron chi connectivity index (χ1n) is 9.83. The number of likely N-dealkylation sites (tertiary alicyclic amines) is 1. The van der Waals surface area contributed by atoms with Gasteiger partial charge in [-0.25, -0.2) is 4.98 Å². The molecule has 0 spiro atoms. The topological polar surface area (TPSA) is 45.4 Å². The molecule has 2 aliphatic rings. The lowest BCUT2D eigenvalue weighted by Gasteiger charge is -2.29. The van der Waals surface area contributed by atoms with Crippen LogP contribution in [0.25, 0.3) is 0 Å². The fourth-order valence-electron chi connectivity index (χ4n) is 4.37. The molecule has 140 valence electrons. The van der Waals surface area contributed by atoms with Crippen molar-refractivity contribution in [2.24, 2.45) is 11.7 Å². The van der Waals surface area contributed by atoms with Crippen LogP contribution in [-0.4, -0.2) is 47.0 Å². The molecule has 1 aromatic heterocycles. The van der Waals surface area contributed by atoms with E-state index in [1.165, 1.54) is 21.1 Å². The number of fused-ring (bicyclic) bond motifs is 1. The fourth-order valence-corrected chi connectivity index (χ4v) is 5.56. The molecule has 5 heteroatoms. The first-order chi connectivity index (χ1) is 12.6. The predicted molar refractivity (Wildman–Crippen MR) is 108 cm³/mol. The molecule has 2 N–H and O–H groups in total. The highest BCUT2D eigenvalue weighted by molar-refractivity contribution is 7.11. The van der Waals surface area contributed by atoms with E-state index < -0.39 is 0 Å². The van der Waals surface area contributed by atoms with Crippen molar-refractivity contribution in [3.8, 4) is 0 Å². The van der Waals surface area contributed by atoms with E-state index in [1.807, 2.05) is 11.3 Å². The van der Waals surface area contributed by atoms with E-state index in [0.717, 1.165) is 45.7 Å². The van der Waals surface area contributed by atoms with Crippen LogP contribution in [0.15, 0.2) is 30.3 Å². The van der Waals surface area contributed by atoms with Gasteiger partial charge < -0.3 is 5.73 Å². The number of rotatable bonds is 5. The molecule has 1 aromatic carbocycles. The molecule has 0 radical (unpaired) electrons. The second-order valence-corrected chi connectivity index (χ2v) is 9.17. The lowest BCUT2D eigenvalue weighted by molar-refractivity contribution is 0.205. The normalized spacial score (nSPS) is 24.3. The third-order valence-corrected chi connectivity index (χ3v) is 7.01. The molecule has 0 aliphatic carbocycles. The minimum Gasteiger partial charge on any atom is -0.330 e. The van der Waals surface area contributed by atoms with Gasteiger partial charge in [0.25, 0.3) is 0 Å². The van der Waals surface area contributed by atoms with Gasteiger partial charge in [0, 0.05) is 49.4 Å². The summed E-state index contributed by atoms with van der Waals surface area (Å²) in [5.41, 5.74) is 8.87. The zero-order chi connectivity index (χ0) is 18.1. The van der Waals surface area contributed by atoms with Gasteiger partial charge in [0.2, 0.25) is 0 Å². The largest absolute Gasteiger partial charge is 0.330 e. The van der Waals surface area contributed by atoms with Crippen molar-refractivity contribution in [2.75, 3.05) is 26.2 Å². The highest BCUT2D eigenvalue weighted by Crippen LogP contribution is 2.34. The summed E-state index contributed by atoms with van der Waals surface area (Å²) >= 11 is 1.92. The molecule has 0 unspecified atom stereocenters. The summed E-state index contributed by atoms with van der Waals surface area (Å²) in [6.45, 7) is 10.7. The molecule has 0 amide bonds. The Hall–Kier alpha value is -1.27. The Labute approximate surface area is 161 Å². The summed E-state index contributed by atoms with van der Waals surface area (Å²) in [5.74, 6) is 1.09. The third kappa shape index (κ3) is 3.72. The van der Waals surface area contributed by atoms with Crippen molar-refractivity contribution >= 4 is 11.3 Å². The number of thiazole rings is 1. The lowest BCUT2D eigenvalue weighted by Crippen LogP contribution is -2.35. The minimum atomic E-state index is 0.545. The summed E-state index contributed by atoms with van der Waals surface area (Å²) in [4.78, 5) is 11.6. The summed E-state index contributed by atoms with van der Waals surface area (Å²) in [7, 11) is 0. The maximum Gasteiger partial charge on any atom is 0.107 e. The number of nitrogens with zero attached hydrogens (tertiary/aromatic N) is 3. The van der Waals surface area contributed by atoms with Crippen LogP contribution in [0.3, 0.4) is 0 Å². The Bertz CT molecular complexity index is 727. The Morgan fingerprint density at radius 2 is 2.04 bits per heavy atom. The minimum absolute atomic E-state index is 0.545. The van der Waals surface area contributed by atoms with Gasteiger partial charge in [0.15, 0.2) is 0 Å². The van der Waals surface area contributed by atoms with Crippen LogP contribution >= 0.6 is 11.3 Å². The van der Waals surface area contributed by atoms with E-state index in [0.29, 0.717) is 17.9 Å². The molecular weight excluding hydrogens is 340 g/mol. The van der Waals surface area contributed by atoms with Crippen molar-refractivity contribution in [2.45, 2.75) is 45.3 Å². The van der Waals surface area contributed by atoms with E-state index in [4.69, 9.17) is 10.7 Å². The first kappa shape index (κ1) is 18.1. The van der Waals surface area contributed by atoms with Crippen LogP contribution in [0.5, 0.6) is 0 Å². The Kier molecular flexibility index (Phi) is 5.41. The molecule has 4 rings (SSSR count). The second kappa shape index (κ2) is 7.77. The predicted octanol–water partition coefficient (Wildman–Crippen LogP) is 3.08. The van der Waals surface area contributed by atoms with E-state index in [-0.39, 0.29) is 0 Å². The van der Waals surface area contributed by atoms with Gasteiger partial charge >= 0.3 is 0 Å². The van der Waals surface area contributed by atoms with Gasteiger partial charge in [-0.05, 0) is 31.9 Å². The van der Waals surface area contributed by atoms with Gasteiger partial charge in [-0.15, -0.1) is 11.3 Å². The smallest absolute Gasteiger partial charge is 0.107 e. The maximum absolute atomic E-state index is 6.10. The quantitative estimate of drug-likeness (QED) is 0.878. The maximum atomic E-state index is 6.10. The summed E-state index contributed by atoms with van der Waals surface area (Å²) in [6.07, 6.45) is 1.10. The highest BCUT2D eigenvalue weighted by atomic mass is 32.1. The van der Waals surface area contributed by atoms with Gasteiger partial charge in [-0.2, -0.15) is 0 Å². The average Bonchev–Trinajstić information content (AvgIpc) is 3.25. The van der Waals surface area contributed by atoms with Crippen LogP contribution in [-0.2, 0) is 19.5 Å². The van der Waals surface area contributed by atoms with E-state index in [9.17, 15) is 0 Å². The Morgan fingerprint density at radius 3 is 2.77 bits per heavy atom. The molecule has 2 aromatic rings. The van der Waals surface area contributed by atoms with Crippen LogP contribution < -0.4 is 5.73 Å². The van der Waals surface area contributed by atoms with Crippen molar-refractivity contribution < 1.29 is 0 Å². The van der Waals surface area contributed by atoms with E-state index in [2.05, 4.69) is 54.0 Å². The zero-order valence-corrected chi connectivity index (χ0v) is 16.7. The molecule has 0 saturated carbocycles. The van der Waals surface area contributed by atoms with Crippen molar-refractivity contribution in [3.63, 3.8) is 0 Å². The zero-order valence-electron chi connectivity index (χ0n) is 15.9. The van der Waals surface area contributed by atoms with Crippen molar-refractivity contribution in [1.82, 2.24) is 14.8 Å². The van der Waals surface area contributed by atoms with Gasteiger partial charge in [0.05, 0.1) is 12.2 Å². The summed E-state index contributed by atoms with van der Waals surface area (Å²) in [6, 6.07) is 11.5. The third-order valence-electron chi connectivity index (χ3n) is 5.94. The van der Waals surface area contributed by atoms with Crippen LogP contribution in [0.4, 0.5) is 0 Å². The average molecular weight is 371 g/mol. The molecule has 4 nitrogen and oxygen atoms in total. The Morgan fingerprint density at radius 1 is 1.23 bits per heavy atom. The summed E-state index contributed by atoms with van der Waals surface area (Å²) < 4.78 is 0. The van der Waals surface area contributed by atoms with Crippen molar-refractivity contribution in [3.05, 3.63) is 51.5 Å². The molecule has 0 bridgehead atoms. The van der Waals surface area contributed by atoms with Crippen molar-refractivity contribution in [1.29, 1.82) is 0 Å². The standard InChI is InChI=1S/C21H30N4S/c1-15(2)25-9-8-19-20(13-25)26-21(23-19)14-24-11-17(10-22)18(12-24)16-6-4-3-5-7-16/h3-7,15,17-18H,8-14,22H2,1-2H3/t17-,18+/m1/s1. The lowest BCUT2D eigenvalue weighted by atomic mass is 9.89.